The van der Waals surface area contributed by atoms with Gasteiger partial charge in [-0.3, -0.25) is 9.59 Å². The number of hydrogen-bond donors (Lipinski definition) is 2. The fourth-order valence-corrected chi connectivity index (χ4v) is 5.16. The summed E-state index contributed by atoms with van der Waals surface area (Å²) in [6.45, 7) is 4.39. The molecule has 0 radical (unpaired) electrons. The van der Waals surface area contributed by atoms with Crippen molar-refractivity contribution >= 4 is 39.2 Å². The van der Waals surface area contributed by atoms with E-state index in [2.05, 4.69) is 28.5 Å². The number of halogens is 1. The van der Waals surface area contributed by atoms with E-state index in [0.29, 0.717) is 30.9 Å². The molecule has 1 aliphatic heterocycles. The molecule has 5 rings (SSSR count). The molecule has 2 amide bonds. The smallest absolute Gasteiger partial charge is 0.255 e. The summed E-state index contributed by atoms with van der Waals surface area (Å²) in [4.78, 5) is 30.2. The summed E-state index contributed by atoms with van der Waals surface area (Å²) in [5.41, 5.74) is 12.6. The Balaban J connectivity index is 1.49. The molecule has 0 spiro atoms. The molecule has 2 aromatic heterocycles. The minimum atomic E-state index is -0.774. The molecule has 3 heterocycles. The number of anilines is 1. The van der Waals surface area contributed by atoms with Gasteiger partial charge in [-0.1, -0.05) is 12.5 Å². The van der Waals surface area contributed by atoms with Gasteiger partial charge < -0.3 is 16.4 Å². The van der Waals surface area contributed by atoms with E-state index in [4.69, 9.17) is 11.5 Å². The van der Waals surface area contributed by atoms with Crippen LogP contribution < -0.4 is 11.5 Å². The number of aromatic nitrogens is 3. The summed E-state index contributed by atoms with van der Waals surface area (Å²) in [6.07, 6.45) is 4.10. The Morgan fingerprint density at radius 1 is 1.27 bits per heavy atom. The van der Waals surface area contributed by atoms with Crippen LogP contribution in [0.4, 0.5) is 10.2 Å². The number of carbonyl (C=O) groups is 2. The van der Waals surface area contributed by atoms with Crippen LogP contribution in [0.5, 0.6) is 0 Å². The van der Waals surface area contributed by atoms with Gasteiger partial charge in [0, 0.05) is 19.0 Å². The number of nitrogen functional groups attached to an aromatic ring is 1. The topological polar surface area (TPSA) is 120 Å². The van der Waals surface area contributed by atoms with Crippen molar-refractivity contribution in [3.63, 3.8) is 0 Å². The molecular weight excluding hydrogens is 443 g/mol. The Kier molecular flexibility index (Phi) is 5.13. The fourth-order valence-electron chi connectivity index (χ4n) is 4.02. The van der Waals surface area contributed by atoms with Crippen molar-refractivity contribution in [1.82, 2.24) is 19.7 Å². The lowest BCUT2D eigenvalue weighted by atomic mass is 10.1. The summed E-state index contributed by atoms with van der Waals surface area (Å²) in [7, 11) is 0. The number of likely N-dealkylation sites (tertiary alicyclic amines) is 1. The van der Waals surface area contributed by atoms with E-state index in [1.807, 2.05) is 0 Å². The highest BCUT2D eigenvalue weighted by molar-refractivity contribution is 7.18. The van der Waals surface area contributed by atoms with Crippen LogP contribution >= 0.6 is 11.3 Å². The minimum absolute atomic E-state index is 0.0119. The van der Waals surface area contributed by atoms with E-state index in [1.165, 1.54) is 28.2 Å². The lowest BCUT2D eigenvalue weighted by Crippen LogP contribution is -2.27. The Labute approximate surface area is 193 Å². The number of fused-ring (bicyclic) bond motifs is 1. The van der Waals surface area contributed by atoms with Crippen LogP contribution in [0.25, 0.3) is 10.2 Å². The van der Waals surface area contributed by atoms with Gasteiger partial charge in [-0.25, -0.2) is 14.1 Å². The van der Waals surface area contributed by atoms with E-state index >= 15 is 0 Å². The van der Waals surface area contributed by atoms with Crippen LogP contribution in [0.1, 0.15) is 57.8 Å². The molecule has 168 valence electrons. The molecule has 1 unspecified atom stereocenters. The Morgan fingerprint density at radius 2 is 2.06 bits per heavy atom. The number of nitrogens with zero attached hydrogens (tertiary/aromatic N) is 4. The third-order valence-electron chi connectivity index (χ3n) is 5.93. The number of nitrogens with two attached hydrogens (primary N) is 2. The van der Waals surface area contributed by atoms with Crippen LogP contribution in [0.3, 0.4) is 0 Å². The number of hydrogen-bond acceptors (Lipinski definition) is 6. The van der Waals surface area contributed by atoms with Crippen molar-refractivity contribution in [1.29, 1.82) is 0 Å². The average molecular weight is 465 g/mol. The van der Waals surface area contributed by atoms with E-state index in [-0.39, 0.29) is 34.6 Å². The van der Waals surface area contributed by atoms with Crippen molar-refractivity contribution in [2.75, 3.05) is 18.8 Å². The average Bonchev–Trinajstić information content (AvgIpc) is 3.22. The zero-order valence-electron chi connectivity index (χ0n) is 17.7. The maximum atomic E-state index is 14.7. The molecule has 1 aliphatic carbocycles. The zero-order chi connectivity index (χ0) is 23.3. The molecule has 1 aromatic carbocycles. The summed E-state index contributed by atoms with van der Waals surface area (Å²) in [5.74, 6) is 4.66. The quantitative estimate of drug-likeness (QED) is 0.454. The highest BCUT2D eigenvalue weighted by atomic mass is 32.1. The van der Waals surface area contributed by atoms with Gasteiger partial charge in [-0.2, -0.15) is 5.10 Å². The molecule has 4 N–H and O–H groups in total. The number of thiazole rings is 1. The number of benzene rings is 1. The largest absolute Gasteiger partial charge is 0.383 e. The molecule has 2 fully saturated rings. The van der Waals surface area contributed by atoms with E-state index in [0.717, 1.165) is 22.5 Å². The first kappa shape index (κ1) is 21.2. The molecule has 8 nitrogen and oxygen atoms in total. The van der Waals surface area contributed by atoms with Gasteiger partial charge in [0.15, 0.2) is 5.69 Å². The second kappa shape index (κ2) is 8.01. The normalized spacial score (nSPS) is 17.7. The highest BCUT2D eigenvalue weighted by Crippen LogP contribution is 2.43. The molecule has 10 heteroatoms. The number of primary amides is 1. The van der Waals surface area contributed by atoms with Crippen molar-refractivity contribution in [3.05, 3.63) is 52.4 Å². The number of carbonyl (C=O) groups excluding carboxylic acids is 2. The molecular formula is C23H21FN6O2S. The van der Waals surface area contributed by atoms with Gasteiger partial charge in [-0.05, 0) is 43.4 Å². The number of rotatable bonds is 4. The molecule has 33 heavy (non-hydrogen) atoms. The summed E-state index contributed by atoms with van der Waals surface area (Å²) in [5, 5.41) is 5.42. The summed E-state index contributed by atoms with van der Waals surface area (Å²) >= 11 is 1.51. The lowest BCUT2D eigenvalue weighted by molar-refractivity contribution is -0.125. The summed E-state index contributed by atoms with van der Waals surface area (Å²) in [6, 6.07) is 2.82. The van der Waals surface area contributed by atoms with E-state index in [9.17, 15) is 14.0 Å². The molecule has 1 atom stereocenters. The standard InChI is InChI=1S/C23H21FN6O2S/c1-2-19(31)29-8-7-14(11-29)30-21(25)20(22(26)32)16(28-30)6-5-13-9-17-18(10-15(13)24)33-23(27-17)12-3-4-12/h2,9-10,12,14H,1,3-4,7-8,11,25H2,(H2,26,32). The highest BCUT2D eigenvalue weighted by Gasteiger charge is 2.31. The predicted molar refractivity (Wildman–Crippen MR) is 123 cm³/mol. The van der Waals surface area contributed by atoms with Gasteiger partial charge in [0.25, 0.3) is 5.91 Å². The van der Waals surface area contributed by atoms with Gasteiger partial charge in [-0.15, -0.1) is 11.3 Å². The third kappa shape index (κ3) is 3.85. The van der Waals surface area contributed by atoms with Gasteiger partial charge in [0.1, 0.15) is 17.2 Å². The van der Waals surface area contributed by atoms with Crippen molar-refractivity contribution in [2.24, 2.45) is 5.73 Å². The predicted octanol–water partition coefficient (Wildman–Crippen LogP) is 2.55. The van der Waals surface area contributed by atoms with Crippen LogP contribution in [0.15, 0.2) is 24.8 Å². The maximum Gasteiger partial charge on any atom is 0.255 e. The van der Waals surface area contributed by atoms with Crippen molar-refractivity contribution in [2.45, 2.75) is 31.2 Å². The zero-order valence-corrected chi connectivity index (χ0v) is 18.5. The molecule has 1 saturated carbocycles. The molecule has 3 aromatic rings. The van der Waals surface area contributed by atoms with Gasteiger partial charge in [0.05, 0.1) is 26.8 Å². The van der Waals surface area contributed by atoms with Crippen LogP contribution in [-0.4, -0.2) is 44.6 Å². The first-order valence-electron chi connectivity index (χ1n) is 10.6. The molecule has 0 bridgehead atoms. The third-order valence-corrected chi connectivity index (χ3v) is 7.11. The number of amides is 2. The first-order valence-corrected chi connectivity index (χ1v) is 11.4. The van der Waals surface area contributed by atoms with Crippen molar-refractivity contribution < 1.29 is 14.0 Å². The lowest BCUT2D eigenvalue weighted by Gasteiger charge is -2.15. The van der Waals surface area contributed by atoms with Gasteiger partial charge in [0.2, 0.25) is 5.91 Å². The maximum absolute atomic E-state index is 14.7. The van der Waals surface area contributed by atoms with Gasteiger partial charge >= 0.3 is 0 Å². The van der Waals surface area contributed by atoms with E-state index < -0.39 is 11.7 Å². The summed E-state index contributed by atoms with van der Waals surface area (Å²) < 4.78 is 16.9. The second-order valence-corrected chi connectivity index (χ2v) is 9.29. The SMILES string of the molecule is C=CC(=O)N1CCC(n2nc(C#Cc3cc4nc(C5CC5)sc4cc3F)c(C(N)=O)c2N)C1. The van der Waals surface area contributed by atoms with E-state index in [1.54, 1.807) is 11.0 Å². The van der Waals surface area contributed by atoms with Crippen LogP contribution in [0.2, 0.25) is 0 Å². The minimum Gasteiger partial charge on any atom is -0.383 e. The molecule has 2 aliphatic rings. The Hall–Kier alpha value is -3.71. The van der Waals surface area contributed by atoms with Crippen molar-refractivity contribution in [3.8, 4) is 11.8 Å². The van der Waals surface area contributed by atoms with Crippen LogP contribution in [0, 0.1) is 17.7 Å². The second-order valence-electron chi connectivity index (χ2n) is 8.22. The monoisotopic (exact) mass is 464 g/mol. The fraction of sp³-hybridized carbons (Fsp3) is 0.304. The molecule has 1 saturated heterocycles. The Morgan fingerprint density at radius 3 is 2.76 bits per heavy atom. The Bertz CT molecular complexity index is 1380. The first-order chi connectivity index (χ1) is 15.9. The van der Waals surface area contributed by atoms with Crippen LogP contribution in [-0.2, 0) is 4.79 Å².